The van der Waals surface area contributed by atoms with E-state index in [1.807, 2.05) is 24.3 Å². The Morgan fingerprint density at radius 2 is 1.50 bits per heavy atom. The van der Waals surface area contributed by atoms with Crippen LogP contribution in [0, 0.1) is 0 Å². The highest BCUT2D eigenvalue weighted by atomic mass is 32.3. The minimum atomic E-state index is -4.50. The van der Waals surface area contributed by atoms with E-state index < -0.39 is 45.3 Å². The number of sulfone groups is 3. The van der Waals surface area contributed by atoms with Crippen molar-refractivity contribution >= 4 is 29.5 Å². The molecule has 3 N–H and O–H groups in total. The molecule has 3 unspecified atom stereocenters. The average Bonchev–Trinajstić information content (AvgIpc) is 2.96. The van der Waals surface area contributed by atoms with Crippen LogP contribution in [-0.4, -0.2) is 52.3 Å². The summed E-state index contributed by atoms with van der Waals surface area (Å²) in [6.07, 6.45) is 0.953. The van der Waals surface area contributed by atoms with E-state index >= 15 is 0 Å². The molecule has 1 aliphatic carbocycles. The fourth-order valence-electron chi connectivity index (χ4n) is 3.15. The van der Waals surface area contributed by atoms with Gasteiger partial charge in [0.1, 0.15) is 0 Å². The molecule has 0 heterocycles. The van der Waals surface area contributed by atoms with Crippen molar-refractivity contribution in [3.05, 3.63) is 65.7 Å². The van der Waals surface area contributed by atoms with Crippen molar-refractivity contribution in [3.63, 3.8) is 0 Å². The van der Waals surface area contributed by atoms with Crippen LogP contribution in [0.2, 0.25) is 0 Å². The van der Waals surface area contributed by atoms with Crippen molar-refractivity contribution in [2.24, 2.45) is 5.73 Å². The zero-order chi connectivity index (χ0) is 22.7. The van der Waals surface area contributed by atoms with Crippen molar-refractivity contribution in [1.82, 2.24) is 0 Å². The van der Waals surface area contributed by atoms with Crippen LogP contribution in [0.25, 0.3) is 0 Å². The maximum Gasteiger partial charge on any atom is 0.266 e. The predicted molar refractivity (Wildman–Crippen MR) is 115 cm³/mol. The third-order valence-electron chi connectivity index (χ3n) is 4.61. The van der Waals surface area contributed by atoms with Crippen molar-refractivity contribution in [2.75, 3.05) is 12.0 Å². The largest absolute Gasteiger partial charge is 0.387 e. The Morgan fingerprint density at radius 1 is 0.967 bits per heavy atom. The number of hydrogen-bond donors (Lipinski definition) is 2. The van der Waals surface area contributed by atoms with Crippen molar-refractivity contribution in [2.45, 2.75) is 34.3 Å². The van der Waals surface area contributed by atoms with E-state index in [9.17, 15) is 30.4 Å². The fourth-order valence-corrected chi connectivity index (χ4v) is 11.2. The molecule has 8 nitrogen and oxygen atoms in total. The molecule has 166 valence electrons. The Kier molecular flexibility index (Phi) is 7.46. The number of benzene rings is 2. The smallest absolute Gasteiger partial charge is 0.266 e. The molecular weight excluding hydrogens is 450 g/mol. The summed E-state index contributed by atoms with van der Waals surface area (Å²) in [5.74, 6) is -0.573. The van der Waals surface area contributed by atoms with E-state index in [0.717, 1.165) is 12.0 Å². The molecular formula is C19H25NO7S3. The molecule has 0 saturated carbocycles. The van der Waals surface area contributed by atoms with Crippen LogP contribution in [0.15, 0.2) is 59.5 Å². The molecule has 30 heavy (non-hydrogen) atoms. The average molecular weight is 476 g/mol. The van der Waals surface area contributed by atoms with E-state index in [-0.39, 0.29) is 10.9 Å². The second kappa shape index (κ2) is 9.15. The van der Waals surface area contributed by atoms with E-state index in [4.69, 9.17) is 5.73 Å². The Labute approximate surface area is 177 Å². The van der Waals surface area contributed by atoms with Crippen LogP contribution in [0.5, 0.6) is 0 Å². The summed E-state index contributed by atoms with van der Waals surface area (Å²) in [7, 11) is -13.1. The molecule has 2 aromatic carbocycles. The quantitative estimate of drug-likeness (QED) is 0.646. The van der Waals surface area contributed by atoms with Gasteiger partial charge in [-0.3, -0.25) is 0 Å². The Hall–Kier alpha value is -1.79. The molecule has 0 spiro atoms. The highest BCUT2D eigenvalue weighted by Gasteiger charge is 2.45. The van der Waals surface area contributed by atoms with E-state index in [1.165, 1.54) is 36.8 Å². The molecule has 3 rings (SSSR count). The first-order valence-electron chi connectivity index (χ1n) is 9.03. The molecule has 2 aromatic rings. The minimum Gasteiger partial charge on any atom is -0.387 e. The Morgan fingerprint density at radius 3 is 2.00 bits per heavy atom. The van der Waals surface area contributed by atoms with Crippen LogP contribution in [0.4, 0.5) is 0 Å². The number of fused-ring (bicyclic) bond motifs is 1. The minimum absolute atomic E-state index is 0.104. The third kappa shape index (κ3) is 5.27. The van der Waals surface area contributed by atoms with Crippen LogP contribution in [0.1, 0.15) is 24.2 Å². The lowest BCUT2D eigenvalue weighted by molar-refractivity contribution is 0.159. The summed E-state index contributed by atoms with van der Waals surface area (Å²) >= 11 is 0. The zero-order valence-electron chi connectivity index (χ0n) is 16.5. The molecule has 3 atom stereocenters. The van der Waals surface area contributed by atoms with Gasteiger partial charge in [0.2, 0.25) is 9.84 Å². The summed E-state index contributed by atoms with van der Waals surface area (Å²) in [5.41, 5.74) is 7.87. The van der Waals surface area contributed by atoms with Gasteiger partial charge in [0.15, 0.2) is 19.7 Å². The summed E-state index contributed by atoms with van der Waals surface area (Å²) in [5, 5.41) is 9.52. The lowest BCUT2D eigenvalue weighted by Crippen LogP contribution is -2.38. The summed E-state index contributed by atoms with van der Waals surface area (Å²) in [4.78, 5) is -0.331. The predicted octanol–water partition coefficient (Wildman–Crippen LogP) is 0.827. The Bertz CT molecular complexity index is 1190. The highest BCUT2D eigenvalue weighted by molar-refractivity contribution is 8.24. The second-order valence-corrected chi connectivity index (χ2v) is 14.4. The standard InChI is InChI=1S/C10H14O6S3.C9H11NO/c1-3-18(13,14)10(17(2,11)12)19(15,16)9-7-5-4-6-8-9;10-8-5-6-3-1-2-4-7(6)9(8)11/h4-8,10H,3H2,1-2H3;1-4,8-9,11H,5,10H2. The van der Waals surface area contributed by atoms with Crippen molar-refractivity contribution in [3.8, 4) is 0 Å². The Balaban J connectivity index is 0.000000244. The van der Waals surface area contributed by atoms with Crippen molar-refractivity contribution < 1.29 is 30.4 Å². The third-order valence-corrected chi connectivity index (χ3v) is 13.5. The van der Waals surface area contributed by atoms with Crippen LogP contribution < -0.4 is 5.73 Å². The van der Waals surface area contributed by atoms with Crippen LogP contribution >= 0.6 is 0 Å². The number of hydrogen-bond acceptors (Lipinski definition) is 8. The first-order chi connectivity index (χ1) is 13.8. The highest BCUT2D eigenvalue weighted by Crippen LogP contribution is 2.29. The number of aliphatic hydroxyl groups excluding tert-OH is 1. The molecule has 0 fully saturated rings. The maximum atomic E-state index is 12.2. The van der Waals surface area contributed by atoms with E-state index in [0.29, 0.717) is 6.26 Å². The first kappa shape index (κ1) is 24.5. The lowest BCUT2D eigenvalue weighted by Gasteiger charge is -2.15. The van der Waals surface area contributed by atoms with Gasteiger partial charge in [-0.25, -0.2) is 25.3 Å². The van der Waals surface area contributed by atoms with E-state index in [1.54, 1.807) is 6.07 Å². The number of aliphatic hydroxyl groups is 1. The van der Waals surface area contributed by atoms with E-state index in [2.05, 4.69) is 0 Å². The van der Waals surface area contributed by atoms with Gasteiger partial charge < -0.3 is 10.8 Å². The first-order valence-corrected chi connectivity index (χ1v) is 14.2. The van der Waals surface area contributed by atoms with Crippen molar-refractivity contribution in [1.29, 1.82) is 0 Å². The van der Waals surface area contributed by atoms with Gasteiger partial charge in [-0.15, -0.1) is 0 Å². The summed E-state index contributed by atoms with van der Waals surface area (Å²) < 4.78 is 68.8. The topological polar surface area (TPSA) is 149 Å². The lowest BCUT2D eigenvalue weighted by atomic mass is 10.1. The molecule has 0 bridgehead atoms. The van der Waals surface area contributed by atoms with Gasteiger partial charge in [0.05, 0.1) is 11.0 Å². The molecule has 0 radical (unpaired) electrons. The molecule has 0 aliphatic heterocycles. The van der Waals surface area contributed by atoms with Crippen LogP contribution in [0.3, 0.4) is 0 Å². The fraction of sp³-hybridized carbons (Fsp3) is 0.368. The summed E-state index contributed by atoms with van der Waals surface area (Å²) in [6, 6.07) is 14.4. The molecule has 0 saturated heterocycles. The second-order valence-electron chi connectivity index (χ2n) is 6.94. The van der Waals surface area contributed by atoms with Gasteiger partial charge in [0.25, 0.3) is 3.91 Å². The zero-order valence-corrected chi connectivity index (χ0v) is 19.0. The molecule has 1 aliphatic rings. The number of rotatable bonds is 5. The molecule has 0 amide bonds. The SMILES string of the molecule is CCS(=O)(=O)C(S(C)(=O)=O)S(=O)(=O)c1ccccc1.NC1Cc2ccccc2C1O. The van der Waals surface area contributed by atoms with Gasteiger partial charge in [-0.1, -0.05) is 49.4 Å². The van der Waals surface area contributed by atoms with Gasteiger partial charge >= 0.3 is 0 Å². The van der Waals surface area contributed by atoms with Gasteiger partial charge in [0, 0.05) is 18.1 Å². The molecule has 11 heteroatoms. The normalized spacial score (nSPS) is 20.0. The summed E-state index contributed by atoms with van der Waals surface area (Å²) in [6.45, 7) is 1.20. The van der Waals surface area contributed by atoms with Crippen LogP contribution in [-0.2, 0) is 35.9 Å². The van der Waals surface area contributed by atoms with Gasteiger partial charge in [-0.05, 0) is 29.7 Å². The monoisotopic (exact) mass is 475 g/mol. The van der Waals surface area contributed by atoms with Gasteiger partial charge in [-0.2, -0.15) is 0 Å². The number of nitrogens with two attached hydrogens (primary N) is 1. The maximum absolute atomic E-state index is 12.2. The molecule has 0 aromatic heterocycles.